The van der Waals surface area contributed by atoms with E-state index in [1.165, 1.54) is 11.1 Å². The smallest absolute Gasteiger partial charge is 0.0822 e. The maximum atomic E-state index is 6.36. The molecule has 0 spiro atoms. The maximum Gasteiger partial charge on any atom is 0.0822 e. The standard InChI is InChI=1S/C19H33N3/c1-16(2)12-10-14(20)15(22-19(7,8)21-9)11-13(12)17(3,4)18(16,5)6/h10-11,21-22H,20H2,1-9H3. The molecule has 0 saturated heterocycles. The van der Waals surface area contributed by atoms with Gasteiger partial charge in [-0.1, -0.05) is 41.5 Å². The van der Waals surface area contributed by atoms with Gasteiger partial charge in [0, 0.05) is 0 Å². The van der Waals surface area contributed by atoms with E-state index in [2.05, 4.69) is 78.2 Å². The zero-order valence-corrected chi connectivity index (χ0v) is 15.7. The molecule has 1 aliphatic rings. The van der Waals surface area contributed by atoms with Crippen LogP contribution in [-0.4, -0.2) is 12.7 Å². The maximum absolute atomic E-state index is 6.36. The number of nitrogen functional groups attached to an aromatic ring is 1. The van der Waals surface area contributed by atoms with Crippen molar-refractivity contribution in [1.82, 2.24) is 5.32 Å². The summed E-state index contributed by atoms with van der Waals surface area (Å²) in [5.41, 5.74) is 11.1. The van der Waals surface area contributed by atoms with Crippen LogP contribution in [0.25, 0.3) is 0 Å². The molecule has 0 bridgehead atoms. The van der Waals surface area contributed by atoms with Crippen molar-refractivity contribution in [1.29, 1.82) is 0 Å². The second kappa shape index (κ2) is 4.64. The van der Waals surface area contributed by atoms with Crippen LogP contribution in [-0.2, 0) is 10.8 Å². The zero-order chi connectivity index (χ0) is 17.1. The summed E-state index contributed by atoms with van der Waals surface area (Å²) in [6, 6.07) is 4.44. The molecule has 4 N–H and O–H groups in total. The summed E-state index contributed by atoms with van der Waals surface area (Å²) in [6.45, 7) is 18.3. The number of nitrogens with one attached hydrogen (secondary N) is 2. The van der Waals surface area contributed by atoms with E-state index in [0.29, 0.717) is 0 Å². The van der Waals surface area contributed by atoms with Crippen molar-refractivity contribution in [3.63, 3.8) is 0 Å². The second-order valence-corrected chi connectivity index (χ2v) is 8.86. The average Bonchev–Trinajstić information content (AvgIpc) is 2.48. The number of hydrogen-bond acceptors (Lipinski definition) is 3. The molecule has 3 nitrogen and oxygen atoms in total. The Morgan fingerprint density at radius 3 is 1.82 bits per heavy atom. The first-order valence-corrected chi connectivity index (χ1v) is 8.19. The molecule has 1 aliphatic carbocycles. The molecule has 0 atom stereocenters. The first-order valence-electron chi connectivity index (χ1n) is 8.19. The lowest BCUT2D eigenvalue weighted by Gasteiger charge is -2.44. The van der Waals surface area contributed by atoms with E-state index < -0.39 is 0 Å². The Kier molecular flexibility index (Phi) is 3.61. The van der Waals surface area contributed by atoms with Crippen molar-refractivity contribution in [2.24, 2.45) is 5.41 Å². The van der Waals surface area contributed by atoms with Crippen LogP contribution in [0.2, 0.25) is 0 Å². The van der Waals surface area contributed by atoms with Gasteiger partial charge in [-0.2, -0.15) is 0 Å². The Bertz CT molecular complexity index is 595. The molecule has 0 amide bonds. The van der Waals surface area contributed by atoms with Crippen LogP contribution in [0.3, 0.4) is 0 Å². The Hall–Kier alpha value is -1.22. The minimum Gasteiger partial charge on any atom is -0.397 e. The quantitative estimate of drug-likeness (QED) is 0.578. The molecule has 0 fully saturated rings. The Labute approximate surface area is 136 Å². The number of anilines is 2. The van der Waals surface area contributed by atoms with Gasteiger partial charge in [0.2, 0.25) is 0 Å². The summed E-state index contributed by atoms with van der Waals surface area (Å²) >= 11 is 0. The summed E-state index contributed by atoms with van der Waals surface area (Å²) < 4.78 is 0. The molecular weight excluding hydrogens is 270 g/mol. The lowest BCUT2D eigenvalue weighted by Crippen LogP contribution is -2.44. The molecule has 0 saturated carbocycles. The van der Waals surface area contributed by atoms with Gasteiger partial charge in [0.1, 0.15) is 0 Å². The van der Waals surface area contributed by atoms with Crippen LogP contribution in [0.5, 0.6) is 0 Å². The lowest BCUT2D eigenvalue weighted by atomic mass is 9.59. The first-order chi connectivity index (χ1) is 9.78. The van der Waals surface area contributed by atoms with Gasteiger partial charge in [-0.05, 0) is 60.4 Å². The van der Waals surface area contributed by atoms with Crippen molar-refractivity contribution >= 4 is 11.4 Å². The summed E-state index contributed by atoms with van der Waals surface area (Å²) in [5, 5.41) is 6.79. The number of hydrogen-bond donors (Lipinski definition) is 3. The highest BCUT2D eigenvalue weighted by Gasteiger charge is 2.56. The third-order valence-corrected chi connectivity index (χ3v) is 6.73. The van der Waals surface area contributed by atoms with Gasteiger partial charge in [-0.3, -0.25) is 5.32 Å². The Morgan fingerprint density at radius 2 is 1.36 bits per heavy atom. The third-order valence-electron chi connectivity index (χ3n) is 6.73. The second-order valence-electron chi connectivity index (χ2n) is 8.86. The predicted molar refractivity (Wildman–Crippen MR) is 97.4 cm³/mol. The number of benzene rings is 1. The molecule has 124 valence electrons. The SMILES string of the molecule is CNC(C)(C)Nc1cc2c(cc1N)C(C)(C)C(C)(C)C2(C)C. The molecule has 1 aromatic carbocycles. The van der Waals surface area contributed by atoms with Gasteiger partial charge in [-0.25, -0.2) is 0 Å². The zero-order valence-electron chi connectivity index (χ0n) is 15.7. The van der Waals surface area contributed by atoms with E-state index in [1.807, 2.05) is 7.05 Å². The van der Waals surface area contributed by atoms with Gasteiger partial charge in [0.15, 0.2) is 0 Å². The monoisotopic (exact) mass is 303 g/mol. The summed E-state index contributed by atoms with van der Waals surface area (Å²) in [4.78, 5) is 0. The van der Waals surface area contributed by atoms with E-state index in [0.717, 1.165) is 11.4 Å². The van der Waals surface area contributed by atoms with Gasteiger partial charge in [0.05, 0.1) is 17.0 Å². The minimum absolute atomic E-state index is 0.0943. The Balaban J connectivity index is 2.63. The topological polar surface area (TPSA) is 50.1 Å². The van der Waals surface area contributed by atoms with E-state index in [-0.39, 0.29) is 21.9 Å². The highest BCUT2D eigenvalue weighted by atomic mass is 15.2. The normalized spacial score (nSPS) is 21.5. The third kappa shape index (κ3) is 2.13. The van der Waals surface area contributed by atoms with E-state index >= 15 is 0 Å². The van der Waals surface area contributed by atoms with Gasteiger partial charge in [-0.15, -0.1) is 0 Å². The molecule has 1 aromatic rings. The van der Waals surface area contributed by atoms with Gasteiger partial charge < -0.3 is 11.1 Å². The summed E-state index contributed by atoms with van der Waals surface area (Å²) in [7, 11) is 1.95. The largest absolute Gasteiger partial charge is 0.397 e. The summed E-state index contributed by atoms with van der Waals surface area (Å²) in [6.07, 6.45) is 0. The Morgan fingerprint density at radius 1 is 0.909 bits per heavy atom. The fraction of sp³-hybridized carbons (Fsp3) is 0.684. The molecule has 0 unspecified atom stereocenters. The molecule has 2 rings (SSSR count). The van der Waals surface area contributed by atoms with Crippen LogP contribution in [0.15, 0.2) is 12.1 Å². The van der Waals surface area contributed by atoms with Crippen molar-refractivity contribution in [2.45, 2.75) is 71.9 Å². The average molecular weight is 303 g/mol. The van der Waals surface area contributed by atoms with Crippen molar-refractivity contribution in [3.05, 3.63) is 23.3 Å². The predicted octanol–water partition coefficient (Wildman–Crippen LogP) is 4.23. The highest BCUT2D eigenvalue weighted by Crippen LogP contribution is 2.62. The van der Waals surface area contributed by atoms with Crippen LogP contribution < -0.4 is 16.4 Å². The number of fused-ring (bicyclic) bond motifs is 1. The van der Waals surface area contributed by atoms with Crippen molar-refractivity contribution in [2.75, 3.05) is 18.1 Å². The highest BCUT2D eigenvalue weighted by molar-refractivity contribution is 5.72. The molecule has 0 aliphatic heterocycles. The molecular formula is C19H33N3. The van der Waals surface area contributed by atoms with Crippen LogP contribution in [0.4, 0.5) is 11.4 Å². The minimum atomic E-state index is -0.198. The first kappa shape index (κ1) is 17.1. The fourth-order valence-electron chi connectivity index (χ4n) is 3.61. The van der Waals surface area contributed by atoms with Crippen LogP contribution in [0.1, 0.15) is 66.5 Å². The van der Waals surface area contributed by atoms with Crippen molar-refractivity contribution in [3.8, 4) is 0 Å². The number of nitrogens with two attached hydrogens (primary N) is 1. The van der Waals surface area contributed by atoms with Gasteiger partial charge >= 0.3 is 0 Å². The lowest BCUT2D eigenvalue weighted by molar-refractivity contribution is 0.125. The molecule has 0 radical (unpaired) electrons. The van der Waals surface area contributed by atoms with Crippen molar-refractivity contribution < 1.29 is 0 Å². The molecule has 0 aromatic heterocycles. The van der Waals surface area contributed by atoms with E-state index in [1.54, 1.807) is 0 Å². The molecule has 22 heavy (non-hydrogen) atoms. The molecule has 0 heterocycles. The fourth-order valence-corrected chi connectivity index (χ4v) is 3.61. The molecule has 3 heteroatoms. The van der Waals surface area contributed by atoms with Gasteiger partial charge in [0.25, 0.3) is 0 Å². The van der Waals surface area contributed by atoms with E-state index in [4.69, 9.17) is 5.73 Å². The van der Waals surface area contributed by atoms with Crippen LogP contribution >= 0.6 is 0 Å². The van der Waals surface area contributed by atoms with Crippen LogP contribution in [0, 0.1) is 5.41 Å². The van der Waals surface area contributed by atoms with E-state index in [9.17, 15) is 0 Å². The number of rotatable bonds is 3. The summed E-state index contributed by atoms with van der Waals surface area (Å²) in [5.74, 6) is 0.